The number of aromatic nitrogens is 2. The van der Waals surface area contributed by atoms with Crippen LogP contribution in [-0.2, 0) is 12.0 Å². The van der Waals surface area contributed by atoms with Crippen molar-refractivity contribution in [2.24, 2.45) is 0 Å². The number of hydrogen-bond donors (Lipinski definition) is 2. The Bertz CT molecular complexity index is 905. The molecular formula is C18H20FN3OS. The van der Waals surface area contributed by atoms with Crippen molar-refractivity contribution in [1.29, 1.82) is 0 Å². The van der Waals surface area contributed by atoms with Crippen molar-refractivity contribution < 1.29 is 9.18 Å². The molecule has 0 atom stereocenters. The highest BCUT2D eigenvalue weighted by atomic mass is 32.1. The Labute approximate surface area is 144 Å². The molecular weight excluding hydrogens is 325 g/mol. The average Bonchev–Trinajstić information content (AvgIpc) is 3.10. The summed E-state index contributed by atoms with van der Waals surface area (Å²) in [6, 6.07) is 4.61. The lowest BCUT2D eigenvalue weighted by molar-refractivity contribution is 0.0946. The minimum absolute atomic E-state index is 0.00566. The Morgan fingerprint density at radius 3 is 2.75 bits per heavy atom. The van der Waals surface area contributed by atoms with Gasteiger partial charge >= 0.3 is 0 Å². The van der Waals surface area contributed by atoms with Gasteiger partial charge in [0.05, 0.1) is 17.2 Å². The van der Waals surface area contributed by atoms with Gasteiger partial charge in [-0.3, -0.25) is 4.79 Å². The predicted molar refractivity (Wildman–Crippen MR) is 95.0 cm³/mol. The monoisotopic (exact) mass is 345 g/mol. The van der Waals surface area contributed by atoms with Gasteiger partial charge in [0.2, 0.25) is 0 Å². The molecule has 0 bridgehead atoms. The first-order valence-electron chi connectivity index (χ1n) is 7.76. The lowest BCUT2D eigenvalue weighted by atomic mass is 9.98. The van der Waals surface area contributed by atoms with E-state index in [-0.39, 0.29) is 17.1 Å². The van der Waals surface area contributed by atoms with Crippen molar-refractivity contribution in [2.75, 3.05) is 0 Å². The van der Waals surface area contributed by atoms with Crippen molar-refractivity contribution in [2.45, 2.75) is 39.7 Å². The number of nitrogens with zero attached hydrogens (tertiary/aromatic N) is 1. The van der Waals surface area contributed by atoms with Crippen LogP contribution in [0.3, 0.4) is 0 Å². The second kappa shape index (κ2) is 6.02. The minimum Gasteiger partial charge on any atom is -0.350 e. The van der Waals surface area contributed by atoms with Gasteiger partial charge in [-0.15, -0.1) is 11.3 Å². The summed E-state index contributed by atoms with van der Waals surface area (Å²) in [7, 11) is 0. The summed E-state index contributed by atoms with van der Waals surface area (Å²) in [5.74, 6) is -0.540. The molecule has 4 nitrogen and oxygen atoms in total. The maximum Gasteiger partial charge on any atom is 0.268 e. The lowest BCUT2D eigenvalue weighted by Crippen LogP contribution is -2.23. The summed E-state index contributed by atoms with van der Waals surface area (Å²) in [5, 5.41) is 6.72. The van der Waals surface area contributed by atoms with E-state index < -0.39 is 0 Å². The van der Waals surface area contributed by atoms with E-state index in [4.69, 9.17) is 0 Å². The number of aromatic amines is 1. The van der Waals surface area contributed by atoms with Crippen molar-refractivity contribution in [1.82, 2.24) is 15.3 Å². The number of aryl methyl sites for hydroxylation is 1. The molecule has 3 aromatic rings. The second-order valence-electron chi connectivity index (χ2n) is 6.94. The van der Waals surface area contributed by atoms with Crippen molar-refractivity contribution in [3.8, 4) is 0 Å². The van der Waals surface area contributed by atoms with Crippen LogP contribution < -0.4 is 5.32 Å². The van der Waals surface area contributed by atoms with Gasteiger partial charge in [-0.05, 0) is 30.7 Å². The van der Waals surface area contributed by atoms with E-state index in [1.54, 1.807) is 17.4 Å². The largest absolute Gasteiger partial charge is 0.350 e. The molecule has 0 fully saturated rings. The van der Waals surface area contributed by atoms with Crippen LogP contribution in [0, 0.1) is 12.7 Å². The number of halogens is 1. The molecule has 2 N–H and O–H groups in total. The predicted octanol–water partition coefficient (Wildman–Crippen LogP) is 4.30. The van der Waals surface area contributed by atoms with Crippen LogP contribution in [0.4, 0.5) is 4.39 Å². The molecule has 0 spiro atoms. The van der Waals surface area contributed by atoms with Gasteiger partial charge in [0, 0.05) is 21.7 Å². The first-order chi connectivity index (χ1) is 11.2. The molecule has 1 amide bonds. The topological polar surface area (TPSA) is 57.8 Å². The fourth-order valence-electron chi connectivity index (χ4n) is 2.50. The normalized spacial score (nSPS) is 11.9. The number of H-pyrrole nitrogens is 1. The Balaban J connectivity index is 1.73. The zero-order valence-corrected chi connectivity index (χ0v) is 15.0. The van der Waals surface area contributed by atoms with Crippen LogP contribution in [0.1, 0.15) is 47.5 Å². The number of nitrogens with one attached hydrogen (secondary N) is 2. The Kier molecular flexibility index (Phi) is 4.17. The number of amides is 1. The summed E-state index contributed by atoms with van der Waals surface area (Å²) in [4.78, 5) is 19.9. The van der Waals surface area contributed by atoms with Gasteiger partial charge in [0.15, 0.2) is 0 Å². The third-order valence-corrected chi connectivity index (χ3v) is 5.09. The number of rotatable bonds is 3. The minimum atomic E-state index is -0.314. The van der Waals surface area contributed by atoms with Gasteiger partial charge in [0.1, 0.15) is 11.5 Å². The molecule has 126 valence electrons. The molecule has 0 saturated carbocycles. The molecule has 0 unspecified atom stereocenters. The highest BCUT2D eigenvalue weighted by Gasteiger charge is 2.18. The molecule has 0 aliphatic rings. The second-order valence-corrected chi connectivity index (χ2v) is 7.80. The Morgan fingerprint density at radius 2 is 2.08 bits per heavy atom. The fourth-order valence-corrected chi connectivity index (χ4v) is 3.40. The van der Waals surface area contributed by atoms with Gasteiger partial charge in [-0.1, -0.05) is 20.8 Å². The van der Waals surface area contributed by atoms with Crippen LogP contribution in [0.2, 0.25) is 0 Å². The van der Waals surface area contributed by atoms with Gasteiger partial charge in [-0.2, -0.15) is 0 Å². The van der Waals surface area contributed by atoms with E-state index in [1.807, 2.05) is 12.3 Å². The van der Waals surface area contributed by atoms with Gasteiger partial charge in [-0.25, -0.2) is 9.37 Å². The van der Waals surface area contributed by atoms with E-state index in [0.717, 1.165) is 21.7 Å². The zero-order valence-electron chi connectivity index (χ0n) is 14.2. The molecule has 0 aliphatic heterocycles. The number of benzene rings is 1. The molecule has 2 aromatic heterocycles. The number of fused-ring (bicyclic) bond motifs is 1. The van der Waals surface area contributed by atoms with Crippen LogP contribution in [0.15, 0.2) is 23.6 Å². The quantitative estimate of drug-likeness (QED) is 0.743. The first-order valence-corrected chi connectivity index (χ1v) is 8.64. The summed E-state index contributed by atoms with van der Waals surface area (Å²) in [5.41, 5.74) is 2.70. The van der Waals surface area contributed by atoms with Crippen LogP contribution in [0.5, 0.6) is 0 Å². The number of carbonyl (C=O) groups excluding carboxylic acids is 1. The molecule has 24 heavy (non-hydrogen) atoms. The van der Waals surface area contributed by atoms with E-state index >= 15 is 0 Å². The number of hydrogen-bond acceptors (Lipinski definition) is 3. The van der Waals surface area contributed by atoms with Gasteiger partial charge in [0.25, 0.3) is 5.91 Å². The van der Waals surface area contributed by atoms with Crippen molar-refractivity contribution in [3.63, 3.8) is 0 Å². The Hall–Kier alpha value is -2.21. The fraction of sp³-hybridized carbons (Fsp3) is 0.333. The molecule has 0 saturated heterocycles. The maximum absolute atomic E-state index is 13.4. The van der Waals surface area contributed by atoms with E-state index in [9.17, 15) is 9.18 Å². The SMILES string of the molecule is Cc1cc(F)cc2[nH]c(C(=O)NCc3csc(C(C)(C)C)n3)cc12. The first kappa shape index (κ1) is 16.6. The standard InChI is InChI=1S/C18H20FN3OS/c1-10-5-11(19)6-14-13(10)7-15(22-14)16(23)20-8-12-9-24-17(21-12)18(2,3)4/h5-7,9,22H,8H2,1-4H3,(H,20,23). The van der Waals surface area contributed by atoms with Crippen LogP contribution >= 0.6 is 11.3 Å². The van der Waals surface area contributed by atoms with Crippen LogP contribution in [0.25, 0.3) is 10.9 Å². The number of thiazole rings is 1. The smallest absolute Gasteiger partial charge is 0.268 e. The molecule has 6 heteroatoms. The summed E-state index contributed by atoms with van der Waals surface area (Å²) in [6.45, 7) is 8.53. The highest BCUT2D eigenvalue weighted by molar-refractivity contribution is 7.09. The average molecular weight is 345 g/mol. The third-order valence-electron chi connectivity index (χ3n) is 3.78. The lowest BCUT2D eigenvalue weighted by Gasteiger charge is -2.13. The van der Waals surface area contributed by atoms with Crippen molar-refractivity contribution >= 4 is 28.1 Å². The molecule has 2 heterocycles. The van der Waals surface area contributed by atoms with E-state index in [1.165, 1.54) is 12.1 Å². The molecule has 1 aromatic carbocycles. The maximum atomic E-state index is 13.4. The number of carbonyl (C=O) groups is 1. The van der Waals surface area contributed by atoms with Crippen LogP contribution in [-0.4, -0.2) is 15.9 Å². The molecule has 0 radical (unpaired) electrons. The summed E-state index contributed by atoms with van der Waals surface area (Å²) < 4.78 is 13.4. The van der Waals surface area contributed by atoms with Gasteiger partial charge < -0.3 is 10.3 Å². The summed E-state index contributed by atoms with van der Waals surface area (Å²) >= 11 is 1.60. The van der Waals surface area contributed by atoms with Crippen molar-refractivity contribution in [3.05, 3.63) is 51.4 Å². The molecule has 3 rings (SSSR count). The third kappa shape index (κ3) is 3.33. The van der Waals surface area contributed by atoms with E-state index in [0.29, 0.717) is 17.8 Å². The Morgan fingerprint density at radius 1 is 1.33 bits per heavy atom. The van der Waals surface area contributed by atoms with E-state index in [2.05, 4.69) is 36.1 Å². The molecule has 0 aliphatic carbocycles. The highest BCUT2D eigenvalue weighted by Crippen LogP contribution is 2.25. The summed E-state index contributed by atoms with van der Waals surface area (Å²) in [6.07, 6.45) is 0. The zero-order chi connectivity index (χ0) is 17.5.